The Morgan fingerprint density at radius 2 is 2.28 bits per heavy atom. The first-order valence-corrected chi connectivity index (χ1v) is 6.00. The maximum absolute atomic E-state index is 11.9. The van der Waals surface area contributed by atoms with E-state index < -0.39 is 6.04 Å². The highest BCUT2D eigenvalue weighted by Crippen LogP contribution is 2.21. The second-order valence-corrected chi connectivity index (χ2v) is 4.07. The molecule has 0 saturated carbocycles. The Kier molecular flexibility index (Phi) is 3.82. The lowest BCUT2D eigenvalue weighted by molar-refractivity contribution is -0.120. The highest BCUT2D eigenvalue weighted by Gasteiger charge is 2.29. The lowest BCUT2D eigenvalue weighted by Crippen LogP contribution is -2.25. The van der Waals surface area contributed by atoms with Crippen molar-refractivity contribution in [2.45, 2.75) is 19.4 Å². The normalized spacial score (nSPS) is 20.7. The minimum Gasteiger partial charge on any atom is -0.497 e. The number of hydrogen-bond donors (Lipinski definition) is 2. The third kappa shape index (κ3) is 2.61. The molecule has 96 valence electrons. The second-order valence-electron chi connectivity index (χ2n) is 4.07. The average Bonchev–Trinajstić information content (AvgIpc) is 2.77. The van der Waals surface area contributed by atoms with Gasteiger partial charge in [0.1, 0.15) is 11.8 Å². The second kappa shape index (κ2) is 5.53. The number of ether oxygens (including phenoxy) is 1. The van der Waals surface area contributed by atoms with Gasteiger partial charge < -0.3 is 10.1 Å². The van der Waals surface area contributed by atoms with Crippen LogP contribution >= 0.6 is 0 Å². The van der Waals surface area contributed by atoms with Gasteiger partial charge in [0.15, 0.2) is 5.96 Å². The molecule has 0 aliphatic carbocycles. The van der Waals surface area contributed by atoms with Gasteiger partial charge in [0.2, 0.25) is 0 Å². The smallest absolute Gasteiger partial charge is 0.253 e. The van der Waals surface area contributed by atoms with Gasteiger partial charge in [-0.1, -0.05) is 19.1 Å². The Morgan fingerprint density at radius 1 is 1.44 bits per heavy atom. The molecule has 2 N–H and O–H groups in total. The molecular formula is C13H17N3O2. The minimum atomic E-state index is -0.393. The number of methoxy groups -OCH3 is 1. The summed E-state index contributed by atoms with van der Waals surface area (Å²) in [6.07, 6.45) is 0.949. The molecule has 0 radical (unpaired) electrons. The summed E-state index contributed by atoms with van der Waals surface area (Å²) in [5.74, 6) is 1.20. The van der Waals surface area contributed by atoms with Crippen LogP contribution in [0.15, 0.2) is 29.3 Å². The summed E-state index contributed by atoms with van der Waals surface area (Å²) in [7, 11) is 1.61. The molecule has 1 aliphatic heterocycles. The predicted molar refractivity (Wildman–Crippen MR) is 69.6 cm³/mol. The Morgan fingerprint density at radius 3 is 3.00 bits per heavy atom. The highest BCUT2D eigenvalue weighted by molar-refractivity contribution is 6.06. The molecule has 1 saturated heterocycles. The molecule has 1 heterocycles. The van der Waals surface area contributed by atoms with Crippen molar-refractivity contribution in [2.24, 2.45) is 4.99 Å². The molecule has 1 aromatic carbocycles. The van der Waals surface area contributed by atoms with Crippen molar-refractivity contribution >= 4 is 11.9 Å². The number of aliphatic imine (C=N–C) groups is 1. The van der Waals surface area contributed by atoms with E-state index in [1.165, 1.54) is 0 Å². The standard InChI is InChI=1S/C13H17N3O2/c1-3-7-14-13-15-11(12(17)16-13)9-5-4-6-10(8-9)18-2/h4-6,8,11H,3,7H2,1-2H3,(H2,14,15,16,17). The fraction of sp³-hybridized carbons (Fsp3) is 0.385. The number of hydrogen-bond acceptors (Lipinski definition) is 3. The molecule has 0 bridgehead atoms. The SMILES string of the molecule is CCCN=C1NC(=O)C(c2cccc(OC)c2)N1. The van der Waals surface area contributed by atoms with Crippen LogP contribution < -0.4 is 15.4 Å². The van der Waals surface area contributed by atoms with E-state index in [4.69, 9.17) is 4.74 Å². The van der Waals surface area contributed by atoms with Crippen molar-refractivity contribution in [2.75, 3.05) is 13.7 Å². The van der Waals surface area contributed by atoms with Crippen LogP contribution in [0.25, 0.3) is 0 Å². The van der Waals surface area contributed by atoms with Crippen molar-refractivity contribution in [3.63, 3.8) is 0 Å². The largest absolute Gasteiger partial charge is 0.497 e. The number of guanidine groups is 1. The van der Waals surface area contributed by atoms with Crippen molar-refractivity contribution in [1.82, 2.24) is 10.6 Å². The van der Waals surface area contributed by atoms with Crippen LogP contribution in [0.3, 0.4) is 0 Å². The van der Waals surface area contributed by atoms with Crippen molar-refractivity contribution in [3.8, 4) is 5.75 Å². The first-order chi connectivity index (χ1) is 8.74. The fourth-order valence-corrected chi connectivity index (χ4v) is 1.79. The fourth-order valence-electron chi connectivity index (χ4n) is 1.79. The maximum Gasteiger partial charge on any atom is 0.253 e. The monoisotopic (exact) mass is 247 g/mol. The van der Waals surface area contributed by atoms with E-state index in [2.05, 4.69) is 15.6 Å². The lowest BCUT2D eigenvalue weighted by atomic mass is 10.1. The molecule has 5 nitrogen and oxygen atoms in total. The summed E-state index contributed by atoms with van der Waals surface area (Å²) in [5.41, 5.74) is 0.869. The van der Waals surface area contributed by atoms with Crippen LogP contribution in [-0.4, -0.2) is 25.5 Å². The van der Waals surface area contributed by atoms with Crippen LogP contribution in [-0.2, 0) is 4.79 Å². The molecular weight excluding hydrogens is 230 g/mol. The molecule has 1 aliphatic rings. The number of carbonyl (C=O) groups is 1. The molecule has 5 heteroatoms. The van der Waals surface area contributed by atoms with Crippen LogP contribution in [0.2, 0.25) is 0 Å². The molecule has 18 heavy (non-hydrogen) atoms. The van der Waals surface area contributed by atoms with E-state index in [1.54, 1.807) is 7.11 Å². The van der Waals surface area contributed by atoms with Crippen LogP contribution in [0, 0.1) is 0 Å². The summed E-state index contributed by atoms with van der Waals surface area (Å²) in [6.45, 7) is 2.74. The molecule has 0 spiro atoms. The average molecular weight is 247 g/mol. The number of nitrogens with zero attached hydrogens (tertiary/aromatic N) is 1. The first-order valence-electron chi connectivity index (χ1n) is 6.00. The summed E-state index contributed by atoms with van der Waals surface area (Å²) < 4.78 is 5.15. The van der Waals surface area contributed by atoms with Gasteiger partial charge in [0.25, 0.3) is 5.91 Å². The number of benzene rings is 1. The summed E-state index contributed by atoms with van der Waals surface area (Å²) >= 11 is 0. The van der Waals surface area contributed by atoms with Gasteiger partial charge in [-0.3, -0.25) is 15.1 Å². The van der Waals surface area contributed by atoms with Gasteiger partial charge in [-0.25, -0.2) is 0 Å². The zero-order chi connectivity index (χ0) is 13.0. The van der Waals surface area contributed by atoms with Gasteiger partial charge in [-0.15, -0.1) is 0 Å². The molecule has 1 amide bonds. The van der Waals surface area contributed by atoms with Crippen LogP contribution in [0.4, 0.5) is 0 Å². The molecule has 1 fully saturated rings. The number of rotatable bonds is 4. The van der Waals surface area contributed by atoms with Crippen molar-refractivity contribution < 1.29 is 9.53 Å². The van der Waals surface area contributed by atoms with E-state index >= 15 is 0 Å². The Balaban J connectivity index is 2.16. The minimum absolute atomic E-state index is 0.0851. The Bertz CT molecular complexity index is 471. The van der Waals surface area contributed by atoms with E-state index in [0.717, 1.165) is 17.7 Å². The van der Waals surface area contributed by atoms with Gasteiger partial charge in [0, 0.05) is 6.54 Å². The number of nitrogens with one attached hydrogen (secondary N) is 2. The van der Waals surface area contributed by atoms with Crippen molar-refractivity contribution in [1.29, 1.82) is 0 Å². The summed E-state index contributed by atoms with van der Waals surface area (Å²) in [4.78, 5) is 16.1. The molecule has 1 atom stereocenters. The Hall–Kier alpha value is -2.04. The maximum atomic E-state index is 11.9. The first kappa shape index (κ1) is 12.4. The van der Waals surface area contributed by atoms with Crippen molar-refractivity contribution in [3.05, 3.63) is 29.8 Å². The van der Waals surface area contributed by atoms with Crippen LogP contribution in [0.5, 0.6) is 5.75 Å². The third-order valence-electron chi connectivity index (χ3n) is 2.71. The number of amides is 1. The van der Waals surface area contributed by atoms with Gasteiger partial charge in [-0.2, -0.15) is 0 Å². The van der Waals surface area contributed by atoms with Gasteiger partial charge in [0.05, 0.1) is 7.11 Å². The molecule has 1 aromatic rings. The molecule has 1 unspecified atom stereocenters. The quantitative estimate of drug-likeness (QED) is 0.841. The molecule has 0 aromatic heterocycles. The Labute approximate surface area is 106 Å². The van der Waals surface area contributed by atoms with E-state index in [0.29, 0.717) is 12.5 Å². The van der Waals surface area contributed by atoms with Gasteiger partial charge >= 0.3 is 0 Å². The van der Waals surface area contributed by atoms with E-state index in [-0.39, 0.29) is 5.91 Å². The topological polar surface area (TPSA) is 62.7 Å². The van der Waals surface area contributed by atoms with Crippen LogP contribution in [0.1, 0.15) is 24.9 Å². The lowest BCUT2D eigenvalue weighted by Gasteiger charge is -2.09. The predicted octanol–water partition coefficient (Wildman–Crippen LogP) is 1.22. The zero-order valence-corrected chi connectivity index (χ0v) is 10.6. The third-order valence-corrected chi connectivity index (χ3v) is 2.71. The summed E-state index contributed by atoms with van der Waals surface area (Å²) in [5, 5.41) is 5.81. The van der Waals surface area contributed by atoms with E-state index in [9.17, 15) is 4.79 Å². The number of carbonyl (C=O) groups excluding carboxylic acids is 1. The highest BCUT2D eigenvalue weighted by atomic mass is 16.5. The van der Waals surface area contributed by atoms with Gasteiger partial charge in [-0.05, 0) is 24.1 Å². The summed E-state index contributed by atoms with van der Waals surface area (Å²) in [6, 6.07) is 7.06. The zero-order valence-electron chi connectivity index (χ0n) is 10.6. The van der Waals surface area contributed by atoms with E-state index in [1.807, 2.05) is 31.2 Å². The molecule has 2 rings (SSSR count).